The Bertz CT molecular complexity index is 3930. The lowest BCUT2D eigenvalue weighted by Crippen LogP contribution is -2.44. The molecule has 2 atom stereocenters. The highest BCUT2D eigenvalue weighted by atomic mass is 16.3. The van der Waals surface area contributed by atoms with Crippen LogP contribution in [0.15, 0.2) is 277 Å². The first-order valence-corrected chi connectivity index (χ1v) is 24.3. The van der Waals surface area contributed by atoms with Gasteiger partial charge in [0.25, 0.3) is 0 Å². The molecule has 0 aliphatic heterocycles. The van der Waals surface area contributed by atoms with Gasteiger partial charge in [-0.05, 0) is 109 Å². The van der Waals surface area contributed by atoms with Gasteiger partial charge in [-0.25, -0.2) is 0 Å². The zero-order chi connectivity index (χ0) is 46.2. The molecule has 0 radical (unpaired) electrons. The van der Waals surface area contributed by atoms with E-state index in [4.69, 9.17) is 4.42 Å². The van der Waals surface area contributed by atoms with E-state index in [2.05, 4.69) is 272 Å². The Labute approximate surface area is 408 Å². The highest BCUT2D eigenvalue weighted by Crippen LogP contribution is 2.66. The van der Waals surface area contributed by atoms with Crippen molar-refractivity contribution in [3.05, 3.63) is 317 Å². The monoisotopic (exact) mass is 891 g/mol. The summed E-state index contributed by atoms with van der Waals surface area (Å²) in [4.78, 5) is 2.47. The van der Waals surface area contributed by atoms with Crippen molar-refractivity contribution in [2.45, 2.75) is 10.8 Å². The van der Waals surface area contributed by atoms with Crippen molar-refractivity contribution >= 4 is 39.0 Å². The Kier molecular flexibility index (Phi) is 9.06. The third kappa shape index (κ3) is 5.68. The van der Waals surface area contributed by atoms with Gasteiger partial charge in [-0.2, -0.15) is 0 Å². The van der Waals surface area contributed by atoms with Crippen LogP contribution in [0.3, 0.4) is 0 Å². The average Bonchev–Trinajstić information content (AvgIpc) is 3.99. The molecule has 1 aromatic heterocycles. The number of hydrogen-bond donors (Lipinski definition) is 0. The quantitative estimate of drug-likeness (QED) is 0.151. The maximum Gasteiger partial charge on any atom is 0.143 e. The summed E-state index contributed by atoms with van der Waals surface area (Å²) in [7, 11) is 0. The van der Waals surface area contributed by atoms with Gasteiger partial charge in [-0.15, -0.1) is 0 Å². The largest absolute Gasteiger partial charge is 0.455 e. The first-order valence-electron chi connectivity index (χ1n) is 24.3. The molecule has 2 aliphatic carbocycles. The predicted molar refractivity (Wildman–Crippen MR) is 288 cm³/mol. The summed E-state index contributed by atoms with van der Waals surface area (Å²) >= 11 is 0. The smallest absolute Gasteiger partial charge is 0.143 e. The minimum absolute atomic E-state index is 0.543. The molecule has 0 bridgehead atoms. The van der Waals surface area contributed by atoms with Gasteiger partial charge in [0.1, 0.15) is 11.2 Å². The van der Waals surface area contributed by atoms with E-state index in [9.17, 15) is 0 Å². The molecule has 0 saturated heterocycles. The Morgan fingerprint density at radius 2 is 0.757 bits per heavy atom. The van der Waals surface area contributed by atoms with E-state index in [-0.39, 0.29) is 0 Å². The molecule has 2 heteroatoms. The summed E-state index contributed by atoms with van der Waals surface area (Å²) in [6.45, 7) is 0. The minimum Gasteiger partial charge on any atom is -0.455 e. The average molecular weight is 892 g/mol. The molecule has 2 unspecified atom stereocenters. The zero-order valence-corrected chi connectivity index (χ0v) is 38.3. The van der Waals surface area contributed by atoms with Gasteiger partial charge in [0, 0.05) is 27.7 Å². The number of anilines is 3. The standard InChI is InChI=1S/C68H45NO/c1-4-20-46(21-5-1)47-38-42-51(43-39-47)69(52-44-40-48(41-45-52)53-28-18-30-57-55-27-11-17-37-64(55)70-66(53)57)63-36-16-15-34-61(63)67(49-22-6-2-7-23-49)59-32-13-14-33-60(59)68(50-24-8-3-9-25-50)58-31-12-10-26-54(58)56-29-19-35-62(67)65(56)68/h1-45H. The number of nitrogens with zero attached hydrogens (tertiary/aromatic N) is 1. The van der Waals surface area contributed by atoms with Crippen molar-refractivity contribution in [2.24, 2.45) is 0 Å². The second kappa shape index (κ2) is 15.8. The maximum absolute atomic E-state index is 6.56. The highest BCUT2D eigenvalue weighted by molar-refractivity contribution is 6.09. The molecule has 328 valence electrons. The van der Waals surface area contributed by atoms with Crippen LogP contribution in [-0.2, 0) is 10.8 Å². The summed E-state index contributed by atoms with van der Waals surface area (Å²) in [5, 5.41) is 2.25. The molecular formula is C68H45NO. The van der Waals surface area contributed by atoms with Crippen LogP contribution in [0, 0.1) is 0 Å². The summed E-state index contributed by atoms with van der Waals surface area (Å²) in [5.41, 5.74) is 21.0. The van der Waals surface area contributed by atoms with Crippen molar-refractivity contribution in [3.8, 4) is 33.4 Å². The summed E-state index contributed by atoms with van der Waals surface area (Å²) < 4.78 is 6.56. The molecule has 2 nitrogen and oxygen atoms in total. The second-order valence-corrected chi connectivity index (χ2v) is 18.6. The predicted octanol–water partition coefficient (Wildman–Crippen LogP) is 17.4. The highest BCUT2D eigenvalue weighted by Gasteiger charge is 2.58. The third-order valence-electron chi connectivity index (χ3n) is 15.2. The van der Waals surface area contributed by atoms with E-state index in [1.165, 1.54) is 66.8 Å². The maximum atomic E-state index is 6.56. The summed E-state index contributed by atoms with van der Waals surface area (Å²) in [5.74, 6) is 0. The molecule has 1 heterocycles. The SMILES string of the molecule is c1ccc(-c2ccc(N(c3ccc(-c4cccc5c4oc4ccccc45)cc3)c3ccccc3C3(c4ccccc4)c4ccccc4C4(c5ccccc5)c5ccccc5-c5cccc3c54)cc2)cc1. The molecule has 0 amide bonds. The number of hydrogen-bond acceptors (Lipinski definition) is 2. The van der Waals surface area contributed by atoms with Gasteiger partial charge >= 0.3 is 0 Å². The summed E-state index contributed by atoms with van der Waals surface area (Å²) in [6.07, 6.45) is 0. The lowest BCUT2D eigenvalue weighted by Gasteiger charge is -2.50. The van der Waals surface area contributed by atoms with Crippen molar-refractivity contribution in [3.63, 3.8) is 0 Å². The molecular weight excluding hydrogens is 847 g/mol. The zero-order valence-electron chi connectivity index (χ0n) is 38.3. The number of furan rings is 1. The number of fused-ring (bicyclic) bond motifs is 8. The molecule has 70 heavy (non-hydrogen) atoms. The van der Waals surface area contributed by atoms with Crippen LogP contribution in [0.25, 0.3) is 55.3 Å². The van der Waals surface area contributed by atoms with Crippen LogP contribution in [0.1, 0.15) is 44.5 Å². The molecule has 0 spiro atoms. The molecule has 12 aromatic rings. The van der Waals surface area contributed by atoms with E-state index in [0.717, 1.165) is 50.1 Å². The van der Waals surface area contributed by atoms with E-state index in [1.54, 1.807) is 0 Å². The van der Waals surface area contributed by atoms with Crippen molar-refractivity contribution in [1.82, 2.24) is 0 Å². The normalized spacial score (nSPS) is 16.4. The number of para-hydroxylation sites is 3. The van der Waals surface area contributed by atoms with Crippen LogP contribution in [0.5, 0.6) is 0 Å². The van der Waals surface area contributed by atoms with E-state index in [0.29, 0.717) is 0 Å². The Morgan fingerprint density at radius 1 is 0.286 bits per heavy atom. The van der Waals surface area contributed by atoms with Gasteiger partial charge in [-0.1, -0.05) is 237 Å². The number of rotatable bonds is 8. The number of benzene rings is 11. The Balaban J connectivity index is 1.04. The summed E-state index contributed by atoms with van der Waals surface area (Å²) in [6, 6.07) is 101. The van der Waals surface area contributed by atoms with Crippen molar-refractivity contribution in [2.75, 3.05) is 4.90 Å². The van der Waals surface area contributed by atoms with E-state index >= 15 is 0 Å². The second-order valence-electron chi connectivity index (χ2n) is 18.6. The van der Waals surface area contributed by atoms with Crippen molar-refractivity contribution < 1.29 is 4.42 Å². The van der Waals surface area contributed by atoms with Crippen LogP contribution in [0.2, 0.25) is 0 Å². The molecule has 2 aliphatic rings. The topological polar surface area (TPSA) is 16.4 Å². The fourth-order valence-corrected chi connectivity index (χ4v) is 12.4. The van der Waals surface area contributed by atoms with E-state index in [1.807, 2.05) is 6.07 Å². The van der Waals surface area contributed by atoms with Gasteiger partial charge in [0.15, 0.2) is 0 Å². The minimum atomic E-state index is -0.751. The van der Waals surface area contributed by atoms with Crippen molar-refractivity contribution in [1.29, 1.82) is 0 Å². The first-order chi connectivity index (χ1) is 34.7. The lowest BCUT2D eigenvalue weighted by atomic mass is 9.51. The molecule has 11 aromatic carbocycles. The van der Waals surface area contributed by atoms with Crippen LogP contribution < -0.4 is 4.90 Å². The van der Waals surface area contributed by atoms with Gasteiger partial charge in [0.05, 0.1) is 16.5 Å². The fraction of sp³-hybridized carbons (Fsp3) is 0.0294. The van der Waals surface area contributed by atoms with Crippen LogP contribution >= 0.6 is 0 Å². The fourth-order valence-electron chi connectivity index (χ4n) is 12.4. The molecule has 14 rings (SSSR count). The van der Waals surface area contributed by atoms with Crippen LogP contribution in [-0.4, -0.2) is 0 Å². The molecule has 0 fully saturated rings. The lowest BCUT2D eigenvalue weighted by molar-refractivity contribution is 0.627. The van der Waals surface area contributed by atoms with Gasteiger partial charge in [0.2, 0.25) is 0 Å². The van der Waals surface area contributed by atoms with Gasteiger partial charge in [-0.3, -0.25) is 0 Å². The van der Waals surface area contributed by atoms with E-state index < -0.39 is 10.8 Å². The first kappa shape index (κ1) is 40.1. The molecule has 0 N–H and O–H groups in total. The van der Waals surface area contributed by atoms with Crippen LogP contribution in [0.4, 0.5) is 17.1 Å². The Hall–Kier alpha value is -8.98. The van der Waals surface area contributed by atoms with Gasteiger partial charge < -0.3 is 9.32 Å². The third-order valence-corrected chi connectivity index (χ3v) is 15.2. The Morgan fingerprint density at radius 3 is 1.47 bits per heavy atom. The molecule has 0 saturated carbocycles.